The molecule has 37 valence electrons. The zero-order chi connectivity index (χ0) is 4.50. The summed E-state index contributed by atoms with van der Waals surface area (Å²) in [6.45, 7) is 0. The Bertz CT molecular complexity index is 19.1. The van der Waals surface area contributed by atoms with Crippen LogP contribution in [-0.4, -0.2) is 0 Å². The van der Waals surface area contributed by atoms with Crippen LogP contribution in [0.2, 0.25) is 0 Å². The molecule has 0 aliphatic rings. The summed E-state index contributed by atoms with van der Waals surface area (Å²) in [6.07, 6.45) is 0. The molecule has 0 unspecified atom stereocenters. The van der Waals surface area contributed by atoms with Gasteiger partial charge < -0.3 is 0 Å². The van der Waals surface area contributed by atoms with Gasteiger partial charge in [-0.25, -0.2) is 0 Å². The van der Waals surface area contributed by atoms with Gasteiger partial charge in [-0.15, -0.1) is 0 Å². The third-order valence-corrected chi connectivity index (χ3v) is 0. The number of halogens is 4. The fourth-order valence-electron chi connectivity index (χ4n) is 0. The van der Waals surface area contributed by atoms with Gasteiger partial charge in [-0.05, 0) is 0 Å². The Balaban J connectivity index is 3.02. The van der Waals surface area contributed by atoms with Crippen molar-refractivity contribution in [1.29, 1.82) is 0 Å². The zero-order valence-electron chi connectivity index (χ0n) is 1.87. The topological polar surface area (TPSA) is 0 Å². The molecule has 0 N–H and O–H groups in total. The molecule has 0 nitrogen and oxygen atoms in total. The molecule has 0 rings (SSSR count). The van der Waals surface area contributed by atoms with Crippen LogP contribution in [0, 0.1) is 0 Å². The van der Waals surface area contributed by atoms with Crippen LogP contribution in [0.5, 0.6) is 0 Å². The molecule has 0 bridgehead atoms. The molecular weight excluding hydrogens is 243 g/mol. The first kappa shape index (κ1) is 6.78. The summed E-state index contributed by atoms with van der Waals surface area (Å²) in [5, 5.41) is 0. The van der Waals surface area contributed by atoms with Crippen LogP contribution in [-0.2, 0) is 10.8 Å². The zero-order valence-corrected chi connectivity index (χ0v) is 6.63. The average molecular weight is 243 g/mol. The van der Waals surface area contributed by atoms with Crippen molar-refractivity contribution in [2.75, 3.05) is 0 Å². The molecule has 0 fully saturated rings. The third kappa shape index (κ3) is 26.0. The van der Waals surface area contributed by atoms with E-state index in [0.29, 0.717) is 0 Å². The Labute approximate surface area is 49.3 Å². The summed E-state index contributed by atoms with van der Waals surface area (Å²) >= 11 is 0. The van der Waals surface area contributed by atoms with E-state index in [1.165, 1.54) is 0 Å². The van der Waals surface area contributed by atoms with Crippen molar-refractivity contribution in [2.24, 2.45) is 0 Å². The fourth-order valence-corrected chi connectivity index (χ4v) is 0. The Morgan fingerprint density at radius 3 is 0.800 bits per heavy atom. The Hall–Kier alpha value is 1.78. The molecule has 0 saturated heterocycles. The van der Waals surface area contributed by atoms with E-state index in [-0.39, 0.29) is 0 Å². The first-order chi connectivity index (χ1) is 2.00. The molecule has 0 heterocycles. The van der Waals surface area contributed by atoms with Crippen molar-refractivity contribution in [3.8, 4) is 0 Å². The Morgan fingerprint density at radius 2 is 0.800 bits per heavy atom. The van der Waals surface area contributed by atoms with Crippen molar-refractivity contribution < 1.29 is 10.8 Å². The maximum absolute atomic E-state index is 5.00. The molecular formula is Cl4Ru-. The van der Waals surface area contributed by atoms with Crippen LogP contribution in [0.4, 0.5) is 0 Å². The summed E-state index contributed by atoms with van der Waals surface area (Å²) in [6, 6.07) is 0. The molecule has 0 radical (unpaired) electrons. The monoisotopic (exact) mass is 242 g/mol. The Kier molecular flexibility index (Phi) is 2.96. The maximum atomic E-state index is 5.00. The van der Waals surface area contributed by atoms with Gasteiger partial charge in [0.05, 0.1) is 0 Å². The second-order valence-corrected chi connectivity index (χ2v) is 16.1. The van der Waals surface area contributed by atoms with E-state index in [2.05, 4.69) is 0 Å². The van der Waals surface area contributed by atoms with Gasteiger partial charge in [0, 0.05) is 0 Å². The van der Waals surface area contributed by atoms with E-state index >= 15 is 0 Å². The van der Waals surface area contributed by atoms with Crippen LogP contribution in [0.3, 0.4) is 0 Å². The van der Waals surface area contributed by atoms with E-state index < -0.39 is 10.8 Å². The second-order valence-electron chi connectivity index (χ2n) is 0.303. The molecule has 0 aromatic carbocycles. The van der Waals surface area contributed by atoms with E-state index in [4.69, 9.17) is 38.8 Å². The first-order valence-corrected chi connectivity index (χ1v) is 9.49. The standard InChI is InChI=1S/4ClH.Ru/h4*1H;/q;;;;+3/p-4. The molecule has 0 spiro atoms. The molecule has 0 saturated carbocycles. The SMILES string of the molecule is [Cl][Ru-]([Cl])([Cl])[Cl]. The van der Waals surface area contributed by atoms with E-state index in [1.54, 1.807) is 0 Å². The van der Waals surface area contributed by atoms with E-state index in [0.717, 1.165) is 0 Å². The van der Waals surface area contributed by atoms with Crippen LogP contribution >= 0.6 is 38.8 Å². The predicted octanol–water partition coefficient (Wildman–Crippen LogP) is 2.76. The van der Waals surface area contributed by atoms with Gasteiger partial charge in [-0.2, -0.15) is 0 Å². The van der Waals surface area contributed by atoms with Gasteiger partial charge >= 0.3 is 49.6 Å². The van der Waals surface area contributed by atoms with Crippen molar-refractivity contribution in [2.45, 2.75) is 0 Å². The Morgan fingerprint density at radius 1 is 0.800 bits per heavy atom. The van der Waals surface area contributed by atoms with Crippen molar-refractivity contribution in [3.63, 3.8) is 0 Å². The summed E-state index contributed by atoms with van der Waals surface area (Å²) in [5.41, 5.74) is 0. The predicted molar refractivity (Wildman–Crippen MR) is 23.4 cm³/mol. The van der Waals surface area contributed by atoms with Gasteiger partial charge in [0.15, 0.2) is 0 Å². The van der Waals surface area contributed by atoms with Gasteiger partial charge in [0.1, 0.15) is 0 Å². The van der Waals surface area contributed by atoms with Crippen LogP contribution < -0.4 is 0 Å². The van der Waals surface area contributed by atoms with Crippen LogP contribution in [0.1, 0.15) is 0 Å². The number of hydrogen-bond donors (Lipinski definition) is 0. The minimum absolute atomic E-state index is 2.97. The van der Waals surface area contributed by atoms with Gasteiger partial charge in [-0.1, -0.05) is 0 Å². The van der Waals surface area contributed by atoms with Crippen molar-refractivity contribution >= 4 is 38.8 Å². The number of hydrogen-bond acceptors (Lipinski definition) is 0. The van der Waals surface area contributed by atoms with Crippen molar-refractivity contribution in [1.82, 2.24) is 0 Å². The molecule has 5 heteroatoms. The van der Waals surface area contributed by atoms with E-state index in [1.807, 2.05) is 0 Å². The summed E-state index contributed by atoms with van der Waals surface area (Å²) < 4.78 is 0. The molecule has 0 atom stereocenters. The first-order valence-electron chi connectivity index (χ1n) is 0.535. The van der Waals surface area contributed by atoms with Crippen molar-refractivity contribution in [3.05, 3.63) is 0 Å². The van der Waals surface area contributed by atoms with Gasteiger partial charge in [0.25, 0.3) is 0 Å². The molecule has 0 aromatic rings. The molecule has 0 aliphatic carbocycles. The fraction of sp³-hybridized carbons (Fsp3) is 0. The van der Waals surface area contributed by atoms with E-state index in [9.17, 15) is 0 Å². The van der Waals surface area contributed by atoms with Crippen LogP contribution in [0.15, 0.2) is 0 Å². The average Bonchev–Trinajstić information content (AvgIpc) is 0.722. The van der Waals surface area contributed by atoms with Crippen LogP contribution in [0.25, 0.3) is 0 Å². The summed E-state index contributed by atoms with van der Waals surface area (Å²) in [7, 11) is 17.0. The second kappa shape index (κ2) is 2.18. The van der Waals surface area contributed by atoms with Gasteiger partial charge in [0.2, 0.25) is 0 Å². The summed E-state index contributed by atoms with van der Waals surface area (Å²) in [5.74, 6) is 0. The molecule has 5 heavy (non-hydrogen) atoms. The normalized spacial score (nSPS) is 15.2. The third-order valence-electron chi connectivity index (χ3n) is 0. The molecule has 0 aliphatic heterocycles. The molecule has 0 amide bonds. The summed E-state index contributed by atoms with van der Waals surface area (Å²) in [4.78, 5) is 0. The number of rotatable bonds is 0. The minimum atomic E-state index is -2.97. The quantitative estimate of drug-likeness (QED) is 0.573. The molecule has 0 aromatic heterocycles. The van der Waals surface area contributed by atoms with Gasteiger partial charge in [-0.3, -0.25) is 0 Å².